The zero-order chi connectivity index (χ0) is 14.1. The van der Waals surface area contributed by atoms with Gasteiger partial charge in [0.05, 0.1) is 0 Å². The van der Waals surface area contributed by atoms with E-state index < -0.39 is 8.32 Å². The summed E-state index contributed by atoms with van der Waals surface area (Å²) in [6, 6.07) is 13.3. The van der Waals surface area contributed by atoms with Crippen molar-refractivity contribution in [2.75, 3.05) is 6.61 Å². The molecule has 0 saturated carbocycles. The molecule has 1 aromatic rings. The zero-order valence-electron chi connectivity index (χ0n) is 12.8. The van der Waals surface area contributed by atoms with Gasteiger partial charge in [-0.25, -0.2) is 0 Å². The molecule has 1 aliphatic heterocycles. The van der Waals surface area contributed by atoms with Gasteiger partial charge in [-0.2, -0.15) is 0 Å². The molecule has 2 heteroatoms. The molecule has 1 fully saturated rings. The number of rotatable bonds is 7. The fraction of sp³-hybridized carbons (Fsp3) is 0.556. The molecule has 20 heavy (non-hydrogen) atoms. The van der Waals surface area contributed by atoms with Crippen LogP contribution >= 0.6 is 0 Å². The summed E-state index contributed by atoms with van der Waals surface area (Å²) in [5.41, 5.74) is 3.77. The van der Waals surface area contributed by atoms with Crippen molar-refractivity contribution >= 4 is 14.4 Å². The number of unbranched alkanes of at least 4 members (excludes halogenated alkanes) is 3. The van der Waals surface area contributed by atoms with Crippen LogP contribution in [0, 0.1) is 0 Å². The zero-order valence-corrected chi connectivity index (χ0v) is 13.8. The fourth-order valence-electron chi connectivity index (χ4n) is 2.95. The van der Waals surface area contributed by atoms with Crippen LogP contribution in [0.25, 0.3) is 6.08 Å². The predicted octanol–water partition coefficient (Wildman–Crippen LogP) is 5.58. The lowest BCUT2D eigenvalue weighted by Crippen LogP contribution is -2.39. The van der Waals surface area contributed by atoms with Crippen molar-refractivity contribution in [2.24, 2.45) is 0 Å². The van der Waals surface area contributed by atoms with Gasteiger partial charge in [-0.3, -0.25) is 0 Å². The Morgan fingerprint density at radius 2 is 1.95 bits per heavy atom. The SMILES string of the molecule is CCCCCC[Si]1(C=Cc2ccccc2)CCCCO1. The molecule has 0 aliphatic carbocycles. The van der Waals surface area contributed by atoms with E-state index in [1.165, 1.54) is 56.2 Å². The maximum Gasteiger partial charge on any atom is 0.217 e. The third-order valence-corrected chi connectivity index (χ3v) is 8.17. The minimum Gasteiger partial charge on any atom is -0.413 e. The summed E-state index contributed by atoms with van der Waals surface area (Å²) in [5.74, 6) is 0. The summed E-state index contributed by atoms with van der Waals surface area (Å²) in [6.07, 6.45) is 10.3. The summed E-state index contributed by atoms with van der Waals surface area (Å²) in [5, 5.41) is 0. The third-order valence-electron chi connectivity index (χ3n) is 4.22. The van der Waals surface area contributed by atoms with Crippen molar-refractivity contribution in [3.63, 3.8) is 0 Å². The Morgan fingerprint density at radius 3 is 2.65 bits per heavy atom. The molecule has 0 amide bonds. The van der Waals surface area contributed by atoms with Crippen LogP contribution in [0.4, 0.5) is 0 Å². The van der Waals surface area contributed by atoms with Gasteiger partial charge in [0, 0.05) is 6.61 Å². The van der Waals surface area contributed by atoms with Crippen molar-refractivity contribution in [3.8, 4) is 0 Å². The molecule has 1 nitrogen and oxygen atoms in total. The lowest BCUT2D eigenvalue weighted by Gasteiger charge is -2.32. The molecule has 1 heterocycles. The molecule has 1 saturated heterocycles. The highest BCUT2D eigenvalue weighted by Gasteiger charge is 2.33. The minimum absolute atomic E-state index is 0.985. The van der Waals surface area contributed by atoms with Gasteiger partial charge in [0.25, 0.3) is 0 Å². The second-order valence-corrected chi connectivity index (χ2v) is 9.68. The molecule has 1 aromatic carbocycles. The number of hydrogen-bond acceptors (Lipinski definition) is 1. The molecule has 0 radical (unpaired) electrons. The molecule has 2 rings (SSSR count). The van der Waals surface area contributed by atoms with Crippen molar-refractivity contribution in [1.82, 2.24) is 0 Å². The lowest BCUT2D eigenvalue weighted by atomic mass is 10.2. The van der Waals surface area contributed by atoms with E-state index in [4.69, 9.17) is 4.43 Å². The molecular weight excluding hydrogens is 260 g/mol. The second-order valence-electron chi connectivity index (χ2n) is 5.93. The smallest absolute Gasteiger partial charge is 0.217 e. The van der Waals surface area contributed by atoms with Crippen LogP contribution in [0.15, 0.2) is 36.0 Å². The van der Waals surface area contributed by atoms with E-state index in [0.717, 1.165) is 6.61 Å². The van der Waals surface area contributed by atoms with E-state index in [0.29, 0.717) is 0 Å². The highest BCUT2D eigenvalue weighted by molar-refractivity contribution is 6.79. The largest absolute Gasteiger partial charge is 0.413 e. The van der Waals surface area contributed by atoms with E-state index >= 15 is 0 Å². The molecule has 0 aromatic heterocycles. The molecule has 0 spiro atoms. The van der Waals surface area contributed by atoms with E-state index in [9.17, 15) is 0 Å². The van der Waals surface area contributed by atoms with Crippen LogP contribution < -0.4 is 0 Å². The van der Waals surface area contributed by atoms with Crippen molar-refractivity contribution in [3.05, 3.63) is 41.6 Å². The van der Waals surface area contributed by atoms with Crippen molar-refractivity contribution in [1.29, 1.82) is 0 Å². The quantitative estimate of drug-likeness (QED) is 0.470. The topological polar surface area (TPSA) is 9.23 Å². The van der Waals surface area contributed by atoms with E-state index in [-0.39, 0.29) is 0 Å². The highest BCUT2D eigenvalue weighted by atomic mass is 28.4. The predicted molar refractivity (Wildman–Crippen MR) is 90.2 cm³/mol. The summed E-state index contributed by atoms with van der Waals surface area (Å²) < 4.78 is 6.32. The Labute approximate surface area is 125 Å². The molecule has 1 aliphatic rings. The van der Waals surface area contributed by atoms with Gasteiger partial charge >= 0.3 is 0 Å². The molecule has 1 atom stereocenters. The Kier molecular flexibility index (Phi) is 6.54. The summed E-state index contributed by atoms with van der Waals surface area (Å²) >= 11 is 0. The van der Waals surface area contributed by atoms with E-state index in [1.54, 1.807) is 0 Å². The minimum atomic E-state index is -1.60. The molecule has 110 valence electrons. The molecule has 0 N–H and O–H groups in total. The van der Waals surface area contributed by atoms with Gasteiger partial charge in [0.1, 0.15) is 0 Å². The van der Waals surface area contributed by atoms with E-state index in [1.807, 2.05) is 0 Å². The van der Waals surface area contributed by atoms with Gasteiger partial charge in [0.15, 0.2) is 0 Å². The summed E-state index contributed by atoms with van der Waals surface area (Å²) in [6.45, 7) is 3.26. The summed E-state index contributed by atoms with van der Waals surface area (Å²) in [7, 11) is -1.60. The van der Waals surface area contributed by atoms with Gasteiger partial charge in [-0.05, 0) is 24.1 Å². The Balaban J connectivity index is 1.97. The first-order chi connectivity index (χ1) is 9.85. The third kappa shape index (κ3) is 4.91. The van der Waals surface area contributed by atoms with Crippen LogP contribution in [0.2, 0.25) is 12.1 Å². The molecular formula is C18H28OSi. The van der Waals surface area contributed by atoms with Crippen LogP contribution in [-0.4, -0.2) is 14.9 Å². The van der Waals surface area contributed by atoms with Gasteiger partial charge in [0.2, 0.25) is 8.32 Å². The number of benzene rings is 1. The lowest BCUT2D eigenvalue weighted by molar-refractivity contribution is 0.273. The summed E-state index contributed by atoms with van der Waals surface area (Å²) in [4.78, 5) is 0. The Bertz CT molecular complexity index is 393. The average molecular weight is 289 g/mol. The molecule has 1 unspecified atom stereocenters. The van der Waals surface area contributed by atoms with Crippen LogP contribution in [0.5, 0.6) is 0 Å². The normalized spacial score (nSPS) is 23.2. The van der Waals surface area contributed by atoms with Gasteiger partial charge in [-0.1, -0.05) is 81.1 Å². The number of hydrogen-bond donors (Lipinski definition) is 0. The first-order valence-electron chi connectivity index (χ1n) is 8.23. The molecule has 0 bridgehead atoms. The highest BCUT2D eigenvalue weighted by Crippen LogP contribution is 2.29. The van der Waals surface area contributed by atoms with Crippen molar-refractivity contribution < 1.29 is 4.43 Å². The second kappa shape index (κ2) is 8.43. The average Bonchev–Trinajstić information content (AvgIpc) is 2.52. The Morgan fingerprint density at radius 1 is 1.10 bits per heavy atom. The van der Waals surface area contributed by atoms with Gasteiger partial charge in [-0.15, -0.1) is 0 Å². The maximum atomic E-state index is 6.32. The standard InChI is InChI=1S/C18H28OSi/c1-2-3-4-9-15-20(16-10-8-14-19-20)17-13-18-11-6-5-7-12-18/h5-7,11-13,17H,2-4,8-10,14-16H2,1H3. The van der Waals surface area contributed by atoms with Crippen LogP contribution in [0.3, 0.4) is 0 Å². The first-order valence-corrected chi connectivity index (χ1v) is 10.6. The Hall–Kier alpha value is -0.863. The first kappa shape index (κ1) is 15.5. The van der Waals surface area contributed by atoms with Gasteiger partial charge < -0.3 is 4.43 Å². The van der Waals surface area contributed by atoms with Crippen LogP contribution in [-0.2, 0) is 4.43 Å². The van der Waals surface area contributed by atoms with E-state index in [2.05, 4.69) is 49.0 Å². The maximum absolute atomic E-state index is 6.32. The van der Waals surface area contributed by atoms with Crippen LogP contribution in [0.1, 0.15) is 51.0 Å². The fourth-order valence-corrected chi connectivity index (χ4v) is 6.66. The van der Waals surface area contributed by atoms with Crippen molar-refractivity contribution in [2.45, 2.75) is 57.5 Å². The monoisotopic (exact) mass is 288 g/mol.